The number of alkyl halides is 3. The van der Waals surface area contributed by atoms with Crippen molar-refractivity contribution in [3.63, 3.8) is 0 Å². The first-order valence-electron chi connectivity index (χ1n) is 5.50. The zero-order chi connectivity index (χ0) is 13.2. The van der Waals surface area contributed by atoms with E-state index >= 15 is 0 Å². The average molecular weight is 254 g/mol. The second-order valence-corrected chi connectivity index (χ2v) is 4.10. The largest absolute Gasteiger partial charge is 0.416 e. The number of benzene rings is 1. The molecule has 5 heteroatoms. The van der Waals surface area contributed by atoms with E-state index in [4.69, 9.17) is 0 Å². The van der Waals surface area contributed by atoms with Crippen molar-refractivity contribution < 1.29 is 13.2 Å². The first kappa shape index (κ1) is 12.5. The van der Waals surface area contributed by atoms with Crippen molar-refractivity contribution in [1.29, 1.82) is 0 Å². The minimum atomic E-state index is -4.31. The summed E-state index contributed by atoms with van der Waals surface area (Å²) in [7, 11) is 0. The molecule has 18 heavy (non-hydrogen) atoms. The van der Waals surface area contributed by atoms with Crippen LogP contribution in [0.25, 0.3) is 0 Å². The summed E-state index contributed by atoms with van der Waals surface area (Å²) in [5.41, 5.74) is 1.65. The van der Waals surface area contributed by atoms with E-state index in [9.17, 15) is 13.2 Å². The lowest BCUT2D eigenvalue weighted by atomic mass is 10.1. The predicted octanol–water partition coefficient (Wildman–Crippen LogP) is 3.95. The number of aryl methyl sites for hydroxylation is 1. The van der Waals surface area contributed by atoms with Gasteiger partial charge in [-0.25, -0.2) is 0 Å². The molecule has 0 bridgehead atoms. The number of hydrogen-bond donors (Lipinski definition) is 2. The van der Waals surface area contributed by atoms with Crippen molar-refractivity contribution in [3.8, 4) is 0 Å². The molecule has 0 amide bonds. The molecule has 96 valence electrons. The summed E-state index contributed by atoms with van der Waals surface area (Å²) in [5, 5.41) is 3.01. The Morgan fingerprint density at radius 3 is 2.61 bits per heavy atom. The molecule has 0 fully saturated rings. The molecule has 0 aliphatic heterocycles. The smallest absolute Gasteiger partial charge is 0.381 e. The Balaban J connectivity index is 2.16. The van der Waals surface area contributed by atoms with Gasteiger partial charge in [0.25, 0.3) is 0 Å². The fourth-order valence-corrected chi connectivity index (χ4v) is 1.65. The van der Waals surface area contributed by atoms with Gasteiger partial charge in [0.2, 0.25) is 0 Å². The number of halogens is 3. The normalized spacial score (nSPS) is 11.6. The standard InChI is InChI=1S/C13H13F3N2/c1-9-2-3-11(13(14,15)16)6-12(9)18-8-10-4-5-17-7-10/h2-7,17-18H,8H2,1H3. The fraction of sp³-hybridized carbons (Fsp3) is 0.231. The summed E-state index contributed by atoms with van der Waals surface area (Å²) >= 11 is 0. The summed E-state index contributed by atoms with van der Waals surface area (Å²) in [6.07, 6.45) is -0.732. The van der Waals surface area contributed by atoms with Crippen molar-refractivity contribution in [3.05, 3.63) is 53.3 Å². The highest BCUT2D eigenvalue weighted by atomic mass is 19.4. The van der Waals surface area contributed by atoms with E-state index in [1.54, 1.807) is 19.3 Å². The second-order valence-electron chi connectivity index (χ2n) is 4.10. The van der Waals surface area contributed by atoms with Crippen LogP contribution in [0.2, 0.25) is 0 Å². The highest BCUT2D eigenvalue weighted by Gasteiger charge is 2.30. The molecule has 0 aliphatic carbocycles. The van der Waals surface area contributed by atoms with Crippen LogP contribution in [0.3, 0.4) is 0 Å². The topological polar surface area (TPSA) is 27.8 Å². The molecule has 0 aliphatic rings. The summed E-state index contributed by atoms with van der Waals surface area (Å²) in [6.45, 7) is 2.27. The molecule has 2 N–H and O–H groups in total. The second kappa shape index (κ2) is 4.76. The van der Waals surface area contributed by atoms with Crippen LogP contribution >= 0.6 is 0 Å². The molecule has 1 heterocycles. The third-order valence-electron chi connectivity index (χ3n) is 2.71. The van der Waals surface area contributed by atoms with Gasteiger partial charge in [-0.3, -0.25) is 0 Å². The Bertz CT molecular complexity index is 516. The Morgan fingerprint density at radius 1 is 1.22 bits per heavy atom. The minimum absolute atomic E-state index is 0.492. The van der Waals surface area contributed by atoms with Gasteiger partial charge >= 0.3 is 6.18 Å². The number of aromatic nitrogens is 1. The molecule has 0 atom stereocenters. The van der Waals surface area contributed by atoms with E-state index in [0.717, 1.165) is 23.3 Å². The van der Waals surface area contributed by atoms with Crippen LogP contribution in [0.5, 0.6) is 0 Å². The number of aromatic amines is 1. The van der Waals surface area contributed by atoms with Gasteiger partial charge in [0.1, 0.15) is 0 Å². The Labute approximate surface area is 103 Å². The van der Waals surface area contributed by atoms with Gasteiger partial charge in [-0.15, -0.1) is 0 Å². The van der Waals surface area contributed by atoms with Crippen molar-refractivity contribution >= 4 is 5.69 Å². The molecule has 0 radical (unpaired) electrons. The third-order valence-corrected chi connectivity index (χ3v) is 2.71. The van der Waals surface area contributed by atoms with Crippen molar-refractivity contribution in [2.24, 2.45) is 0 Å². The summed E-state index contributed by atoms with van der Waals surface area (Å²) in [4.78, 5) is 2.90. The van der Waals surface area contributed by atoms with E-state index in [0.29, 0.717) is 12.2 Å². The van der Waals surface area contributed by atoms with Crippen LogP contribution < -0.4 is 5.32 Å². The molecular formula is C13H13F3N2. The van der Waals surface area contributed by atoms with E-state index in [1.807, 2.05) is 6.07 Å². The molecule has 1 aromatic heterocycles. The van der Waals surface area contributed by atoms with Gasteiger partial charge in [-0.2, -0.15) is 13.2 Å². The van der Waals surface area contributed by atoms with E-state index in [2.05, 4.69) is 10.3 Å². The van der Waals surface area contributed by atoms with Crippen LogP contribution in [-0.2, 0) is 12.7 Å². The number of nitrogens with one attached hydrogen (secondary N) is 2. The number of hydrogen-bond acceptors (Lipinski definition) is 1. The lowest BCUT2D eigenvalue weighted by Gasteiger charge is -2.12. The molecule has 2 rings (SSSR count). The summed E-state index contributed by atoms with van der Waals surface area (Å²) in [5.74, 6) is 0. The van der Waals surface area contributed by atoms with Gasteiger partial charge in [0, 0.05) is 24.6 Å². The minimum Gasteiger partial charge on any atom is -0.381 e. The lowest BCUT2D eigenvalue weighted by molar-refractivity contribution is -0.137. The lowest BCUT2D eigenvalue weighted by Crippen LogP contribution is -2.07. The highest BCUT2D eigenvalue weighted by Crippen LogP contribution is 2.32. The Morgan fingerprint density at radius 2 is 2.00 bits per heavy atom. The zero-order valence-electron chi connectivity index (χ0n) is 9.81. The summed E-state index contributed by atoms with van der Waals surface area (Å²) < 4.78 is 37.7. The van der Waals surface area contributed by atoms with Gasteiger partial charge < -0.3 is 10.3 Å². The van der Waals surface area contributed by atoms with E-state index < -0.39 is 11.7 Å². The monoisotopic (exact) mass is 254 g/mol. The van der Waals surface area contributed by atoms with E-state index in [-0.39, 0.29) is 0 Å². The highest BCUT2D eigenvalue weighted by molar-refractivity contribution is 5.53. The number of rotatable bonds is 3. The van der Waals surface area contributed by atoms with Gasteiger partial charge in [0.05, 0.1) is 5.56 Å². The average Bonchev–Trinajstić information content (AvgIpc) is 2.79. The molecule has 1 aromatic carbocycles. The number of H-pyrrole nitrogens is 1. The van der Waals surface area contributed by atoms with Crippen molar-refractivity contribution in [2.45, 2.75) is 19.6 Å². The van der Waals surface area contributed by atoms with E-state index in [1.165, 1.54) is 6.07 Å². The van der Waals surface area contributed by atoms with Crippen LogP contribution in [0.15, 0.2) is 36.7 Å². The molecule has 0 unspecified atom stereocenters. The zero-order valence-corrected chi connectivity index (χ0v) is 9.81. The maximum Gasteiger partial charge on any atom is 0.416 e. The fourth-order valence-electron chi connectivity index (χ4n) is 1.65. The van der Waals surface area contributed by atoms with Crippen molar-refractivity contribution in [2.75, 3.05) is 5.32 Å². The van der Waals surface area contributed by atoms with Gasteiger partial charge in [-0.1, -0.05) is 6.07 Å². The molecule has 0 saturated heterocycles. The first-order valence-corrected chi connectivity index (χ1v) is 5.50. The quantitative estimate of drug-likeness (QED) is 0.852. The van der Waals surface area contributed by atoms with Crippen LogP contribution in [0.4, 0.5) is 18.9 Å². The van der Waals surface area contributed by atoms with Crippen LogP contribution in [0.1, 0.15) is 16.7 Å². The third kappa shape index (κ3) is 2.85. The van der Waals surface area contributed by atoms with Crippen molar-refractivity contribution in [1.82, 2.24) is 4.98 Å². The van der Waals surface area contributed by atoms with Crippen LogP contribution in [-0.4, -0.2) is 4.98 Å². The SMILES string of the molecule is Cc1ccc(C(F)(F)F)cc1NCc1cc[nH]c1. The van der Waals surface area contributed by atoms with Gasteiger partial charge in [-0.05, 0) is 36.2 Å². The Hall–Kier alpha value is -1.91. The Kier molecular flexibility index (Phi) is 3.32. The molecule has 0 spiro atoms. The number of anilines is 1. The maximum absolute atomic E-state index is 12.6. The molecule has 0 saturated carbocycles. The molecular weight excluding hydrogens is 241 g/mol. The maximum atomic E-state index is 12.6. The van der Waals surface area contributed by atoms with Gasteiger partial charge in [0.15, 0.2) is 0 Å². The predicted molar refractivity (Wildman–Crippen MR) is 64.3 cm³/mol. The van der Waals surface area contributed by atoms with Crippen LogP contribution in [0, 0.1) is 6.92 Å². The summed E-state index contributed by atoms with van der Waals surface area (Å²) in [6, 6.07) is 5.58. The molecule has 2 aromatic rings. The molecule has 2 nitrogen and oxygen atoms in total. The first-order chi connectivity index (χ1) is 8.47.